The van der Waals surface area contributed by atoms with E-state index < -0.39 is 23.4 Å². The van der Waals surface area contributed by atoms with E-state index in [1.807, 2.05) is 0 Å². The smallest absolute Gasteiger partial charge is 0.295 e. The van der Waals surface area contributed by atoms with Gasteiger partial charge in [0.15, 0.2) is 5.76 Å². The van der Waals surface area contributed by atoms with E-state index in [9.17, 15) is 28.8 Å². The second-order valence-corrected chi connectivity index (χ2v) is 13.7. The summed E-state index contributed by atoms with van der Waals surface area (Å²) in [5, 5.41) is 5.77. The summed E-state index contributed by atoms with van der Waals surface area (Å²) in [6.07, 6.45) is 4.52. The second kappa shape index (κ2) is 16.5. The van der Waals surface area contributed by atoms with Gasteiger partial charge >= 0.3 is 0 Å². The van der Waals surface area contributed by atoms with Crippen molar-refractivity contribution in [1.82, 2.24) is 14.8 Å². The first-order chi connectivity index (χ1) is 26.7. The number of carbonyl (C=O) groups is 6. The van der Waals surface area contributed by atoms with Crippen LogP contribution in [0.2, 0.25) is 0 Å². The highest BCUT2D eigenvalue weighted by molar-refractivity contribution is 6.43. The van der Waals surface area contributed by atoms with Crippen molar-refractivity contribution in [2.24, 2.45) is 0 Å². The van der Waals surface area contributed by atoms with Crippen molar-refractivity contribution < 1.29 is 33.2 Å². The minimum absolute atomic E-state index is 0.0820. The largest absolute Gasteiger partial charge is 0.436 e. The van der Waals surface area contributed by atoms with Crippen LogP contribution in [0.3, 0.4) is 0 Å². The molecule has 2 N–H and O–H groups in total. The topological polar surface area (TPSA) is 159 Å². The lowest BCUT2D eigenvalue weighted by Gasteiger charge is -2.23. The zero-order valence-corrected chi connectivity index (χ0v) is 30.0. The molecule has 2 aliphatic rings. The summed E-state index contributed by atoms with van der Waals surface area (Å²) in [6, 6.07) is 30.3. The number of hydrogen-bond acceptors (Lipinski definition) is 8. The van der Waals surface area contributed by atoms with Crippen molar-refractivity contribution in [3.63, 3.8) is 0 Å². The number of aromatic nitrogens is 1. The maximum Gasteiger partial charge on any atom is 0.295 e. The highest BCUT2D eigenvalue weighted by atomic mass is 16.4. The molecule has 12 heteroatoms. The Morgan fingerprint density at radius 3 is 1.47 bits per heavy atom. The molecule has 5 aromatic rings. The molecule has 2 atom stereocenters. The maximum absolute atomic E-state index is 12.9. The summed E-state index contributed by atoms with van der Waals surface area (Å²) in [6.45, 7) is 0.877. The highest BCUT2D eigenvalue weighted by Gasteiger charge is 2.35. The number of ketones is 2. The van der Waals surface area contributed by atoms with Crippen LogP contribution in [0.5, 0.6) is 0 Å². The van der Waals surface area contributed by atoms with Crippen molar-refractivity contribution >= 4 is 46.6 Å². The van der Waals surface area contributed by atoms with Crippen LogP contribution >= 0.6 is 0 Å². The molecular formula is C43H39N5O7. The molecule has 3 heterocycles. The van der Waals surface area contributed by atoms with Gasteiger partial charge in [0.2, 0.25) is 29.3 Å². The molecule has 0 unspecified atom stereocenters. The van der Waals surface area contributed by atoms with Gasteiger partial charge in [-0.2, -0.15) is 0 Å². The molecule has 0 aliphatic carbocycles. The number of benzene rings is 4. The van der Waals surface area contributed by atoms with Crippen LogP contribution in [0.25, 0.3) is 22.8 Å². The van der Waals surface area contributed by atoms with Gasteiger partial charge in [0, 0.05) is 71.6 Å². The van der Waals surface area contributed by atoms with E-state index >= 15 is 0 Å². The molecule has 55 heavy (non-hydrogen) atoms. The van der Waals surface area contributed by atoms with Gasteiger partial charge in [-0.25, -0.2) is 4.98 Å². The monoisotopic (exact) mass is 737 g/mol. The Balaban J connectivity index is 0.897. The summed E-state index contributed by atoms with van der Waals surface area (Å²) in [5.74, 6) is -1.92. The van der Waals surface area contributed by atoms with E-state index in [1.165, 1.54) is 9.80 Å². The Hall–Kier alpha value is -6.69. The Morgan fingerprint density at radius 1 is 0.582 bits per heavy atom. The first kappa shape index (κ1) is 36.7. The number of hydrogen-bond donors (Lipinski definition) is 2. The first-order valence-electron chi connectivity index (χ1n) is 18.3. The van der Waals surface area contributed by atoms with E-state index in [4.69, 9.17) is 4.42 Å². The Bertz CT molecular complexity index is 2050. The van der Waals surface area contributed by atoms with Gasteiger partial charge in [-0.3, -0.25) is 28.8 Å². The fourth-order valence-corrected chi connectivity index (χ4v) is 7.12. The lowest BCUT2D eigenvalue weighted by Crippen LogP contribution is -2.41. The van der Waals surface area contributed by atoms with Gasteiger partial charge in [0.25, 0.3) is 11.8 Å². The van der Waals surface area contributed by atoms with Gasteiger partial charge in [-0.05, 0) is 74.2 Å². The normalized spacial score (nSPS) is 16.4. The summed E-state index contributed by atoms with van der Waals surface area (Å²) in [7, 11) is 0. The van der Waals surface area contributed by atoms with Crippen LogP contribution in [0.4, 0.5) is 11.4 Å². The molecule has 12 nitrogen and oxygen atoms in total. The van der Waals surface area contributed by atoms with Crippen molar-refractivity contribution in [3.8, 4) is 22.8 Å². The third kappa shape index (κ3) is 8.59. The average Bonchev–Trinajstić information content (AvgIpc) is 4.00. The van der Waals surface area contributed by atoms with Crippen molar-refractivity contribution in [2.45, 2.75) is 50.6 Å². The fourth-order valence-electron chi connectivity index (χ4n) is 7.12. The number of nitrogens with zero attached hydrogens (tertiary/aromatic N) is 3. The number of Topliss-reactive ketones (excluding diaryl/α,β-unsaturated/α-hetero) is 2. The molecule has 2 fully saturated rings. The Kier molecular flexibility index (Phi) is 11.0. The molecule has 7 rings (SSSR count). The van der Waals surface area contributed by atoms with Gasteiger partial charge in [0.05, 0.1) is 6.20 Å². The number of nitrogens with one attached hydrogen (secondary N) is 2. The predicted octanol–water partition coefficient (Wildman–Crippen LogP) is 6.41. The summed E-state index contributed by atoms with van der Waals surface area (Å²) in [4.78, 5) is 84.6. The number of oxazole rings is 1. The zero-order chi connectivity index (χ0) is 38.3. The van der Waals surface area contributed by atoms with Crippen molar-refractivity contribution in [3.05, 3.63) is 127 Å². The lowest BCUT2D eigenvalue weighted by atomic mass is 10.1. The van der Waals surface area contributed by atoms with Gasteiger partial charge in [-0.1, -0.05) is 60.7 Å². The third-order valence-electron chi connectivity index (χ3n) is 9.95. The maximum atomic E-state index is 12.9. The van der Waals surface area contributed by atoms with Crippen LogP contribution in [0, 0.1) is 0 Å². The standard InChI is InChI=1S/C43H39N5O7/c49-37(25-34-13-7-23-47(34)42(53)39(51)29-9-3-1-4-10-29)45-32-19-15-28(16-20-32)36-27-44-41(55-36)31-17-21-33(22-18-31)46-38(50)26-35-14-8-24-48(35)43(54)40(52)30-11-5-2-6-12-30/h1-6,9-12,15-22,27,34-35H,7-8,13-14,23-26H2,(H,45,49)(H,46,50)/t34-,35-/m0/s1. The number of rotatable bonds is 12. The summed E-state index contributed by atoms with van der Waals surface area (Å²) in [5.41, 5.74) is 3.26. The van der Waals surface area contributed by atoms with E-state index in [-0.39, 0.29) is 36.7 Å². The molecule has 4 aromatic carbocycles. The molecule has 2 aliphatic heterocycles. The van der Waals surface area contributed by atoms with Gasteiger partial charge < -0.3 is 24.9 Å². The Morgan fingerprint density at radius 2 is 1.02 bits per heavy atom. The first-order valence-corrected chi connectivity index (χ1v) is 18.3. The molecule has 0 radical (unpaired) electrons. The molecule has 1 aromatic heterocycles. The number of amides is 4. The second-order valence-electron chi connectivity index (χ2n) is 13.7. The zero-order valence-electron chi connectivity index (χ0n) is 30.0. The van der Waals surface area contributed by atoms with Crippen molar-refractivity contribution in [1.29, 1.82) is 0 Å². The van der Waals surface area contributed by atoms with Gasteiger partial charge in [-0.15, -0.1) is 0 Å². The van der Waals surface area contributed by atoms with Crippen LogP contribution in [-0.4, -0.2) is 75.2 Å². The van der Waals surface area contributed by atoms with Crippen LogP contribution in [-0.2, 0) is 19.2 Å². The molecular weight excluding hydrogens is 699 g/mol. The quantitative estimate of drug-likeness (QED) is 0.110. The summed E-state index contributed by atoms with van der Waals surface area (Å²) >= 11 is 0. The van der Waals surface area contributed by atoms with E-state index in [0.29, 0.717) is 65.6 Å². The van der Waals surface area contributed by atoms with Crippen LogP contribution < -0.4 is 10.6 Å². The van der Waals surface area contributed by atoms with E-state index in [1.54, 1.807) is 115 Å². The Labute approximate surface area is 317 Å². The fraction of sp³-hybridized carbons (Fsp3) is 0.233. The molecule has 278 valence electrons. The van der Waals surface area contributed by atoms with E-state index in [0.717, 1.165) is 18.4 Å². The van der Waals surface area contributed by atoms with Crippen LogP contribution in [0.15, 0.2) is 120 Å². The van der Waals surface area contributed by atoms with Gasteiger partial charge in [0.1, 0.15) is 0 Å². The lowest BCUT2D eigenvalue weighted by molar-refractivity contribution is -0.129. The minimum Gasteiger partial charge on any atom is -0.436 e. The molecule has 0 bridgehead atoms. The predicted molar refractivity (Wildman–Crippen MR) is 205 cm³/mol. The molecule has 2 saturated heterocycles. The van der Waals surface area contributed by atoms with Crippen LogP contribution in [0.1, 0.15) is 59.2 Å². The third-order valence-corrected chi connectivity index (χ3v) is 9.95. The van der Waals surface area contributed by atoms with E-state index in [2.05, 4.69) is 15.6 Å². The SMILES string of the molecule is O=C(C[C@@H]1CCCN1C(=O)C(=O)c1ccccc1)Nc1ccc(-c2cnc(-c3ccc(NC(=O)C[C@@H]4CCCN4C(=O)C(=O)c4ccccc4)cc3)o2)cc1. The highest BCUT2D eigenvalue weighted by Crippen LogP contribution is 2.29. The number of likely N-dealkylation sites (tertiary alicyclic amines) is 2. The number of carbonyl (C=O) groups excluding carboxylic acids is 6. The number of anilines is 2. The molecule has 0 spiro atoms. The molecule has 4 amide bonds. The molecule has 0 saturated carbocycles. The summed E-state index contributed by atoms with van der Waals surface area (Å²) < 4.78 is 6.03. The average molecular weight is 738 g/mol. The minimum atomic E-state index is -0.587. The van der Waals surface area contributed by atoms with Crippen molar-refractivity contribution in [2.75, 3.05) is 23.7 Å².